The summed E-state index contributed by atoms with van der Waals surface area (Å²) in [5.74, 6) is -0.260. The number of hydrogen-bond donors (Lipinski definition) is 1. The summed E-state index contributed by atoms with van der Waals surface area (Å²) in [5.41, 5.74) is 2.88. The Morgan fingerprint density at radius 2 is 1.86 bits per heavy atom. The highest BCUT2D eigenvalue weighted by Gasteiger charge is 2.25. The van der Waals surface area contributed by atoms with Crippen molar-refractivity contribution in [3.05, 3.63) is 89.3 Å². The van der Waals surface area contributed by atoms with Gasteiger partial charge in [-0.3, -0.25) is 0 Å². The van der Waals surface area contributed by atoms with Crippen molar-refractivity contribution < 1.29 is 14.1 Å². The number of ether oxygens (including phenoxy) is 1. The Balaban J connectivity index is 1.82. The molecule has 1 aromatic heterocycles. The number of nitrogens with zero attached hydrogens (tertiary/aromatic N) is 2. The van der Waals surface area contributed by atoms with Crippen LogP contribution in [0.2, 0.25) is 0 Å². The molecule has 0 aliphatic carbocycles. The van der Waals surface area contributed by atoms with Crippen molar-refractivity contribution in [2.75, 3.05) is 7.11 Å². The summed E-state index contributed by atoms with van der Waals surface area (Å²) in [5, 5.41) is 16.6. The Morgan fingerprint density at radius 1 is 1.18 bits per heavy atom. The highest BCUT2D eigenvalue weighted by atomic mass is 16.5. The third-order valence-electron chi connectivity index (χ3n) is 4.12. The first-order valence-corrected chi connectivity index (χ1v) is 8.71. The second-order valence-corrected chi connectivity index (χ2v) is 6.01. The van der Waals surface area contributed by atoms with E-state index in [0.29, 0.717) is 23.6 Å². The van der Waals surface area contributed by atoms with Crippen LogP contribution in [0, 0.1) is 11.3 Å². The molecule has 0 spiro atoms. The van der Waals surface area contributed by atoms with E-state index in [-0.39, 0.29) is 12.0 Å². The molecule has 0 unspecified atom stereocenters. The number of hydrogen-bond acceptors (Lipinski definition) is 6. The van der Waals surface area contributed by atoms with Gasteiger partial charge in [0.1, 0.15) is 11.3 Å². The molecule has 0 amide bonds. The van der Waals surface area contributed by atoms with E-state index in [9.17, 15) is 10.1 Å². The molecule has 1 heterocycles. The summed E-state index contributed by atoms with van der Waals surface area (Å²) in [6.45, 7) is 0.585. The highest BCUT2D eigenvalue weighted by molar-refractivity contribution is 5.97. The van der Waals surface area contributed by atoms with E-state index in [2.05, 4.69) is 16.5 Å². The molecule has 3 rings (SSSR count). The maximum Gasteiger partial charge on any atom is 0.343 e. The molecule has 0 aliphatic heterocycles. The molecule has 0 saturated carbocycles. The van der Waals surface area contributed by atoms with Gasteiger partial charge < -0.3 is 14.6 Å². The number of carbonyl (C=O) groups excluding carboxylic acids is 1. The van der Waals surface area contributed by atoms with E-state index < -0.39 is 5.97 Å². The fourth-order valence-electron chi connectivity index (χ4n) is 2.73. The molecule has 0 saturated heterocycles. The zero-order valence-electron chi connectivity index (χ0n) is 15.4. The SMILES string of the molecule is COC(=O)c1c(-c2ccccc2)noc1C/C(C#N)=C/NCc1ccccc1. The summed E-state index contributed by atoms with van der Waals surface area (Å²) < 4.78 is 10.3. The normalized spacial score (nSPS) is 10.9. The summed E-state index contributed by atoms with van der Waals surface area (Å²) in [7, 11) is 1.30. The smallest absolute Gasteiger partial charge is 0.343 e. The predicted octanol–water partition coefficient (Wildman–Crippen LogP) is 3.87. The lowest BCUT2D eigenvalue weighted by molar-refractivity contribution is 0.0599. The second kappa shape index (κ2) is 9.19. The molecule has 6 heteroatoms. The maximum absolute atomic E-state index is 12.3. The second-order valence-electron chi connectivity index (χ2n) is 6.01. The zero-order valence-corrected chi connectivity index (χ0v) is 15.4. The van der Waals surface area contributed by atoms with Crippen molar-refractivity contribution in [3.8, 4) is 17.3 Å². The first-order valence-electron chi connectivity index (χ1n) is 8.71. The first-order chi connectivity index (χ1) is 13.7. The van der Waals surface area contributed by atoms with Crippen LogP contribution in [0.1, 0.15) is 21.7 Å². The van der Waals surface area contributed by atoms with Crippen molar-refractivity contribution in [3.63, 3.8) is 0 Å². The van der Waals surface area contributed by atoms with Crippen LogP contribution in [0.15, 0.2) is 77.0 Å². The predicted molar refractivity (Wildman–Crippen MR) is 104 cm³/mol. The lowest BCUT2D eigenvalue weighted by Crippen LogP contribution is -2.08. The van der Waals surface area contributed by atoms with Gasteiger partial charge in [0.2, 0.25) is 0 Å². The summed E-state index contributed by atoms with van der Waals surface area (Å²) in [4.78, 5) is 12.3. The van der Waals surface area contributed by atoms with Gasteiger partial charge in [0.15, 0.2) is 5.76 Å². The van der Waals surface area contributed by atoms with Crippen LogP contribution in [0.3, 0.4) is 0 Å². The van der Waals surface area contributed by atoms with Crippen LogP contribution in [0.5, 0.6) is 0 Å². The molecule has 6 nitrogen and oxygen atoms in total. The van der Waals surface area contributed by atoms with E-state index in [1.807, 2.05) is 60.7 Å². The van der Waals surface area contributed by atoms with Crippen LogP contribution in [-0.2, 0) is 17.7 Å². The number of methoxy groups -OCH3 is 1. The summed E-state index contributed by atoms with van der Waals surface area (Å²) in [6, 6.07) is 21.2. The molecule has 28 heavy (non-hydrogen) atoms. The van der Waals surface area contributed by atoms with Crippen LogP contribution >= 0.6 is 0 Å². The van der Waals surface area contributed by atoms with Crippen LogP contribution in [0.25, 0.3) is 11.3 Å². The third kappa shape index (κ3) is 4.46. The van der Waals surface area contributed by atoms with E-state index in [0.717, 1.165) is 11.1 Å². The van der Waals surface area contributed by atoms with Gasteiger partial charge in [-0.05, 0) is 5.56 Å². The Kier molecular flexibility index (Phi) is 6.21. The van der Waals surface area contributed by atoms with Gasteiger partial charge in [-0.25, -0.2) is 4.79 Å². The number of benzene rings is 2. The number of nitrogens with one attached hydrogen (secondary N) is 1. The van der Waals surface area contributed by atoms with Crippen molar-refractivity contribution in [1.29, 1.82) is 5.26 Å². The molecule has 0 bridgehead atoms. The fraction of sp³-hybridized carbons (Fsp3) is 0.136. The van der Waals surface area contributed by atoms with Gasteiger partial charge >= 0.3 is 5.97 Å². The van der Waals surface area contributed by atoms with Gasteiger partial charge in [0.25, 0.3) is 0 Å². The largest absolute Gasteiger partial charge is 0.465 e. The van der Waals surface area contributed by atoms with E-state index in [1.165, 1.54) is 7.11 Å². The summed E-state index contributed by atoms with van der Waals surface area (Å²) >= 11 is 0. The standard InChI is InChI=1S/C22H19N3O3/c1-27-22(26)20-19(28-25-21(20)18-10-6-3-7-11-18)12-17(13-23)15-24-14-16-8-4-2-5-9-16/h2-11,15,24H,12,14H2,1H3/b17-15-. The van der Waals surface area contributed by atoms with Crippen molar-refractivity contribution in [2.45, 2.75) is 13.0 Å². The Bertz CT molecular complexity index is 1000. The molecule has 3 aromatic rings. The number of allylic oxidation sites excluding steroid dienone is 1. The molecule has 0 radical (unpaired) electrons. The number of esters is 1. The summed E-state index contributed by atoms with van der Waals surface area (Å²) in [6.07, 6.45) is 1.75. The number of carbonyl (C=O) groups is 1. The zero-order chi connectivity index (χ0) is 19.8. The molecule has 0 atom stereocenters. The van der Waals surface area contributed by atoms with Crippen LogP contribution < -0.4 is 5.32 Å². The lowest BCUT2D eigenvalue weighted by Gasteiger charge is -2.04. The van der Waals surface area contributed by atoms with E-state index in [1.54, 1.807) is 6.20 Å². The molecular formula is C22H19N3O3. The monoisotopic (exact) mass is 373 g/mol. The fourth-order valence-corrected chi connectivity index (χ4v) is 2.73. The van der Waals surface area contributed by atoms with E-state index >= 15 is 0 Å². The first kappa shape index (κ1) is 18.9. The molecule has 0 fully saturated rings. The van der Waals surface area contributed by atoms with Crippen molar-refractivity contribution in [1.82, 2.24) is 10.5 Å². The van der Waals surface area contributed by atoms with Crippen molar-refractivity contribution in [2.24, 2.45) is 0 Å². The van der Waals surface area contributed by atoms with Gasteiger partial charge in [0.05, 0.1) is 18.8 Å². The topological polar surface area (TPSA) is 88.2 Å². The lowest BCUT2D eigenvalue weighted by atomic mass is 10.0. The molecular weight excluding hydrogens is 354 g/mol. The van der Waals surface area contributed by atoms with Gasteiger partial charge in [-0.2, -0.15) is 5.26 Å². The number of aromatic nitrogens is 1. The molecule has 140 valence electrons. The van der Waals surface area contributed by atoms with Gasteiger partial charge in [-0.15, -0.1) is 0 Å². The molecule has 1 N–H and O–H groups in total. The molecule has 2 aromatic carbocycles. The Morgan fingerprint density at radius 3 is 2.50 bits per heavy atom. The highest BCUT2D eigenvalue weighted by Crippen LogP contribution is 2.27. The maximum atomic E-state index is 12.3. The van der Waals surface area contributed by atoms with Gasteiger partial charge in [0, 0.05) is 24.7 Å². The average Bonchev–Trinajstić information content (AvgIpc) is 3.17. The molecule has 0 aliphatic rings. The number of nitriles is 1. The third-order valence-corrected chi connectivity index (χ3v) is 4.12. The van der Waals surface area contributed by atoms with Crippen LogP contribution in [-0.4, -0.2) is 18.2 Å². The Labute approximate surface area is 163 Å². The number of rotatable bonds is 7. The van der Waals surface area contributed by atoms with E-state index in [4.69, 9.17) is 9.26 Å². The van der Waals surface area contributed by atoms with Crippen LogP contribution in [0.4, 0.5) is 0 Å². The Hall–Kier alpha value is -3.85. The van der Waals surface area contributed by atoms with Crippen molar-refractivity contribution >= 4 is 5.97 Å². The quantitative estimate of drug-likeness (QED) is 0.500. The minimum atomic E-state index is -0.551. The van der Waals surface area contributed by atoms with Gasteiger partial charge in [-0.1, -0.05) is 65.8 Å². The minimum absolute atomic E-state index is 0.128. The average molecular weight is 373 g/mol. The minimum Gasteiger partial charge on any atom is -0.465 e.